The highest BCUT2D eigenvalue weighted by molar-refractivity contribution is 6.14. The maximum atomic E-state index is 17.1. The van der Waals surface area contributed by atoms with Crippen LogP contribution in [0.3, 0.4) is 0 Å². The lowest BCUT2D eigenvalue weighted by Crippen LogP contribution is -2.16. The van der Waals surface area contributed by atoms with Gasteiger partial charge in [0, 0.05) is 21.5 Å². The fourth-order valence-electron chi connectivity index (χ4n) is 11.7. The van der Waals surface area contributed by atoms with Gasteiger partial charge in [-0.25, -0.2) is 0 Å². The van der Waals surface area contributed by atoms with Crippen LogP contribution in [0.2, 0.25) is 0 Å². The first-order valence-corrected chi connectivity index (χ1v) is 25.4. The summed E-state index contributed by atoms with van der Waals surface area (Å²) >= 11 is 0. The molecule has 3 nitrogen and oxygen atoms in total. The zero-order valence-electron chi connectivity index (χ0n) is 42.9. The van der Waals surface area contributed by atoms with E-state index in [4.69, 9.17) is 0 Å². The molecule has 10 aromatic carbocycles. The third-order valence-corrected chi connectivity index (χ3v) is 15.3. The predicted molar refractivity (Wildman–Crippen MR) is 305 cm³/mol. The molecule has 0 aliphatic carbocycles. The number of aryl methyl sites for hydroxylation is 7. The van der Waals surface area contributed by atoms with E-state index in [1.54, 1.807) is 30.3 Å². The van der Waals surface area contributed by atoms with Crippen molar-refractivity contribution < 1.29 is 13.2 Å². The molecular weight excluding hydrogens is 928 g/mol. The van der Waals surface area contributed by atoms with Gasteiger partial charge < -0.3 is 9.13 Å². The number of alkyl halides is 3. The lowest BCUT2D eigenvalue weighted by molar-refractivity contribution is -0.137. The first-order valence-electron chi connectivity index (χ1n) is 25.4. The number of rotatable bonds is 7. The highest BCUT2D eigenvalue weighted by atomic mass is 19.4. The van der Waals surface area contributed by atoms with Crippen LogP contribution in [-0.2, 0) is 6.18 Å². The van der Waals surface area contributed by atoms with Crippen molar-refractivity contribution in [2.24, 2.45) is 0 Å². The molecule has 0 saturated heterocycles. The Balaban J connectivity index is 1.22. The molecule has 364 valence electrons. The molecule has 0 aliphatic heterocycles. The summed E-state index contributed by atoms with van der Waals surface area (Å²) in [4.78, 5) is 0. The van der Waals surface area contributed by atoms with E-state index in [0.717, 1.165) is 105 Å². The fraction of sp³-hybridized carbons (Fsp3) is 0.116. The molecule has 0 aliphatic rings. The summed E-state index contributed by atoms with van der Waals surface area (Å²) in [7, 11) is 0. The first kappa shape index (κ1) is 47.1. The van der Waals surface area contributed by atoms with E-state index in [2.05, 4.69) is 146 Å². The summed E-state index contributed by atoms with van der Waals surface area (Å²) in [5.74, 6) is 0. The van der Waals surface area contributed by atoms with Crippen molar-refractivity contribution in [2.75, 3.05) is 0 Å². The molecule has 0 spiro atoms. The van der Waals surface area contributed by atoms with E-state index in [9.17, 15) is 5.26 Å². The van der Waals surface area contributed by atoms with Crippen LogP contribution in [0.1, 0.15) is 50.1 Å². The molecule has 0 atom stereocenters. The zero-order valence-corrected chi connectivity index (χ0v) is 42.9. The van der Waals surface area contributed by atoms with Crippen LogP contribution in [0.25, 0.3) is 111 Å². The Morgan fingerprint density at radius 2 is 0.733 bits per heavy atom. The molecule has 0 unspecified atom stereocenters. The third kappa shape index (κ3) is 8.07. The van der Waals surface area contributed by atoms with Gasteiger partial charge in [0.05, 0.1) is 45.1 Å². The van der Waals surface area contributed by atoms with Gasteiger partial charge in [0.25, 0.3) is 0 Å². The van der Waals surface area contributed by atoms with Gasteiger partial charge in [0.15, 0.2) is 0 Å². The normalized spacial score (nSPS) is 11.9. The second kappa shape index (κ2) is 17.9. The summed E-state index contributed by atoms with van der Waals surface area (Å²) in [5, 5.41) is 13.5. The van der Waals surface area contributed by atoms with Crippen LogP contribution in [0, 0.1) is 59.8 Å². The van der Waals surface area contributed by atoms with Gasteiger partial charge in [-0.2, -0.15) is 18.4 Å². The number of halogens is 3. The standard InChI is InChI=1S/C69H52F3N3/c1-40-15-22-55(44(5)29-40)50-19-26-63-59(34-50)58-33-49(54-14-9-8-11-43(54)4)18-25-62(58)74(63)66-37-53(48-13-10-12-47(32-48)39-73)38-67(68(66)69(70,71)72)75-64-27-20-51(56-23-16-41(2)30-45(56)6)35-60(64)61-36-52(21-28-65(61)75)57-24-17-42(3)31-46(57)7/h8-38H,1-7H3. The fourth-order valence-corrected chi connectivity index (χ4v) is 11.7. The molecule has 12 aromatic rings. The first-order chi connectivity index (χ1) is 36.1. The molecule has 0 amide bonds. The molecule has 0 N–H and O–H groups in total. The van der Waals surface area contributed by atoms with E-state index in [-0.39, 0.29) is 11.4 Å². The summed E-state index contributed by atoms with van der Waals surface area (Å²) in [6, 6.07) is 64.6. The Morgan fingerprint density at radius 1 is 0.347 bits per heavy atom. The van der Waals surface area contributed by atoms with E-state index >= 15 is 13.2 Å². The van der Waals surface area contributed by atoms with Crippen LogP contribution in [0.4, 0.5) is 13.2 Å². The molecule has 0 saturated carbocycles. The summed E-state index contributed by atoms with van der Waals surface area (Å²) in [5.41, 5.74) is 19.3. The Bertz CT molecular complexity index is 4270. The quantitative estimate of drug-likeness (QED) is 0.157. The van der Waals surface area contributed by atoms with Crippen LogP contribution in [0.5, 0.6) is 0 Å². The number of hydrogen-bond acceptors (Lipinski definition) is 1. The van der Waals surface area contributed by atoms with Gasteiger partial charge in [0.2, 0.25) is 0 Å². The SMILES string of the molecule is Cc1ccc(-c2ccc3c(c2)c2cc(-c4ccccc4C)ccc2n3-c2cc(-c3cccc(C#N)c3)cc(-n3c4ccc(-c5ccc(C)cc5C)cc4c4cc(-c5ccc(C)cc5C)ccc43)c2C(F)(F)F)c(C)c1. The smallest absolute Gasteiger partial charge is 0.309 e. The number of nitriles is 1. The minimum Gasteiger partial charge on any atom is -0.309 e. The minimum absolute atomic E-state index is 0.0191. The zero-order chi connectivity index (χ0) is 52.0. The average molecular weight is 980 g/mol. The molecule has 2 heterocycles. The Kier molecular flexibility index (Phi) is 11.3. The number of benzene rings is 10. The van der Waals surface area contributed by atoms with Crippen molar-refractivity contribution in [1.29, 1.82) is 5.26 Å². The van der Waals surface area contributed by atoms with Gasteiger partial charge in [-0.05, 0) is 199 Å². The maximum absolute atomic E-state index is 17.1. The molecule has 0 bridgehead atoms. The summed E-state index contributed by atoms with van der Waals surface area (Å²) in [6.45, 7) is 14.6. The summed E-state index contributed by atoms with van der Waals surface area (Å²) < 4.78 is 54.9. The third-order valence-electron chi connectivity index (χ3n) is 15.3. The van der Waals surface area contributed by atoms with Crippen molar-refractivity contribution in [3.8, 4) is 73.1 Å². The lowest BCUT2D eigenvalue weighted by atomic mass is 9.95. The predicted octanol–water partition coefficient (Wildman–Crippen LogP) is 19.3. The van der Waals surface area contributed by atoms with Gasteiger partial charge in [-0.15, -0.1) is 0 Å². The van der Waals surface area contributed by atoms with Crippen LogP contribution in [-0.4, -0.2) is 9.13 Å². The number of nitrogens with zero attached hydrogens (tertiary/aromatic N) is 3. The van der Waals surface area contributed by atoms with Crippen molar-refractivity contribution >= 4 is 43.6 Å². The minimum atomic E-state index is -4.86. The van der Waals surface area contributed by atoms with Gasteiger partial charge in [-0.1, -0.05) is 132 Å². The van der Waals surface area contributed by atoms with Crippen LogP contribution >= 0.6 is 0 Å². The highest BCUT2D eigenvalue weighted by Crippen LogP contribution is 2.48. The number of aromatic nitrogens is 2. The van der Waals surface area contributed by atoms with E-state index in [1.807, 2.05) is 75.9 Å². The molecule has 6 heteroatoms. The maximum Gasteiger partial charge on any atom is 0.420 e. The largest absolute Gasteiger partial charge is 0.420 e. The molecule has 75 heavy (non-hydrogen) atoms. The van der Waals surface area contributed by atoms with Gasteiger partial charge >= 0.3 is 6.18 Å². The monoisotopic (exact) mass is 979 g/mol. The van der Waals surface area contributed by atoms with Crippen molar-refractivity contribution in [3.05, 3.63) is 238 Å². The van der Waals surface area contributed by atoms with Crippen molar-refractivity contribution in [3.63, 3.8) is 0 Å². The molecule has 0 fully saturated rings. The molecular formula is C69H52F3N3. The molecule has 0 radical (unpaired) electrons. The van der Waals surface area contributed by atoms with Crippen LogP contribution < -0.4 is 0 Å². The average Bonchev–Trinajstić information content (AvgIpc) is 3.91. The number of fused-ring (bicyclic) bond motifs is 6. The second-order valence-electron chi connectivity index (χ2n) is 20.4. The van der Waals surface area contributed by atoms with E-state index < -0.39 is 11.7 Å². The van der Waals surface area contributed by atoms with Crippen molar-refractivity contribution in [2.45, 2.75) is 54.6 Å². The lowest BCUT2D eigenvalue weighted by Gasteiger charge is -2.23. The summed E-state index contributed by atoms with van der Waals surface area (Å²) in [6.07, 6.45) is -4.86. The van der Waals surface area contributed by atoms with E-state index in [0.29, 0.717) is 38.8 Å². The van der Waals surface area contributed by atoms with Crippen LogP contribution in [0.15, 0.2) is 188 Å². The topological polar surface area (TPSA) is 33.6 Å². The molecule has 12 rings (SSSR count). The van der Waals surface area contributed by atoms with E-state index in [1.165, 1.54) is 0 Å². The van der Waals surface area contributed by atoms with Gasteiger partial charge in [-0.3, -0.25) is 0 Å². The Labute approximate surface area is 435 Å². The Hall–Kier alpha value is -8.92. The van der Waals surface area contributed by atoms with Gasteiger partial charge in [0.1, 0.15) is 5.56 Å². The highest BCUT2D eigenvalue weighted by Gasteiger charge is 2.40. The van der Waals surface area contributed by atoms with Crippen molar-refractivity contribution in [1.82, 2.24) is 9.13 Å². The molecule has 2 aromatic heterocycles. The number of hydrogen-bond donors (Lipinski definition) is 0. The second-order valence-corrected chi connectivity index (χ2v) is 20.4. The Morgan fingerprint density at radius 3 is 1.09 bits per heavy atom.